The average Bonchev–Trinajstić information content (AvgIpc) is 3.73. The van der Waals surface area contributed by atoms with Crippen molar-refractivity contribution in [3.63, 3.8) is 0 Å². The Hall–Kier alpha value is -4.21. The maximum absolute atomic E-state index is 13.7. The smallest absolute Gasteiger partial charge is 0.418 e. The van der Waals surface area contributed by atoms with Crippen molar-refractivity contribution in [2.75, 3.05) is 30.4 Å². The summed E-state index contributed by atoms with van der Waals surface area (Å²) in [5.41, 5.74) is 0.904. The molecule has 3 aromatic carbocycles. The molecule has 3 atom stereocenters. The molecule has 1 saturated carbocycles. The summed E-state index contributed by atoms with van der Waals surface area (Å²) >= 11 is 0. The lowest BCUT2D eigenvalue weighted by molar-refractivity contribution is -0.139. The highest BCUT2D eigenvalue weighted by Crippen LogP contribution is 2.49. The molecule has 10 heteroatoms. The van der Waals surface area contributed by atoms with Gasteiger partial charge in [0.1, 0.15) is 24.2 Å². The molecule has 1 amide bonds. The second kappa shape index (κ2) is 10.7. The van der Waals surface area contributed by atoms with Gasteiger partial charge in [-0.05, 0) is 72.4 Å². The van der Waals surface area contributed by atoms with Crippen molar-refractivity contribution in [2.45, 2.75) is 38.0 Å². The van der Waals surface area contributed by atoms with Gasteiger partial charge in [0.05, 0.1) is 29.4 Å². The number of benzene rings is 3. The molecular weight excluding hydrogens is 525 g/mol. The Morgan fingerprint density at radius 1 is 1.12 bits per heavy atom. The number of carboxylic acids is 1. The van der Waals surface area contributed by atoms with Gasteiger partial charge in [0, 0.05) is 12.6 Å². The fourth-order valence-corrected chi connectivity index (χ4v) is 5.11. The third-order valence-corrected chi connectivity index (χ3v) is 7.32. The first-order valence-corrected chi connectivity index (χ1v) is 13.0. The minimum absolute atomic E-state index is 0.215. The van der Waals surface area contributed by atoms with Crippen molar-refractivity contribution in [1.82, 2.24) is 0 Å². The molecule has 210 valence electrons. The predicted octanol–water partition coefficient (Wildman–Crippen LogP) is 5.98. The van der Waals surface area contributed by atoms with Gasteiger partial charge in [-0.25, -0.2) is 0 Å². The number of nitrogens with zero attached hydrogens (tertiary/aromatic N) is 1. The molecule has 0 spiro atoms. The van der Waals surface area contributed by atoms with Crippen LogP contribution in [0.25, 0.3) is 0 Å². The summed E-state index contributed by atoms with van der Waals surface area (Å²) in [6, 6.07) is 16.0. The van der Waals surface area contributed by atoms with Gasteiger partial charge in [0.2, 0.25) is 0 Å². The molecule has 1 fully saturated rings. The van der Waals surface area contributed by atoms with Gasteiger partial charge in [-0.15, -0.1) is 0 Å². The highest BCUT2D eigenvalue weighted by Gasteiger charge is 2.45. The van der Waals surface area contributed by atoms with Crippen LogP contribution in [0.5, 0.6) is 11.5 Å². The summed E-state index contributed by atoms with van der Waals surface area (Å²) in [6.07, 6.45) is -4.11. The number of anilines is 2. The van der Waals surface area contributed by atoms with Crippen LogP contribution in [0, 0.1) is 5.92 Å². The number of ether oxygens (including phenoxy) is 2. The van der Waals surface area contributed by atoms with Crippen LogP contribution in [0.15, 0.2) is 60.7 Å². The number of carboxylic acid groups (broad SMARTS) is 1. The van der Waals surface area contributed by atoms with Crippen LogP contribution in [0.2, 0.25) is 0 Å². The number of hydrogen-bond acceptors (Lipinski definition) is 5. The normalized spacial score (nSPS) is 19.8. The minimum Gasteiger partial charge on any atom is -0.490 e. The van der Waals surface area contributed by atoms with Crippen molar-refractivity contribution < 1.29 is 37.3 Å². The van der Waals surface area contributed by atoms with E-state index in [2.05, 4.69) is 10.2 Å². The summed E-state index contributed by atoms with van der Waals surface area (Å²) < 4.78 is 53.2. The quantitative estimate of drug-likeness (QED) is 0.356. The number of likely N-dealkylation sites (N-methyl/N-ethyl adjacent to an activating group) is 1. The Labute approximate surface area is 229 Å². The van der Waals surface area contributed by atoms with E-state index in [-0.39, 0.29) is 24.2 Å². The Kier molecular flexibility index (Phi) is 7.35. The summed E-state index contributed by atoms with van der Waals surface area (Å²) in [5, 5.41) is 11.6. The van der Waals surface area contributed by atoms with Gasteiger partial charge in [0.25, 0.3) is 5.91 Å². The minimum atomic E-state index is -4.70. The zero-order valence-corrected chi connectivity index (χ0v) is 22.0. The molecule has 0 aromatic heterocycles. The van der Waals surface area contributed by atoms with Crippen LogP contribution in [-0.2, 0) is 17.4 Å². The SMILES string of the molecule is CCc1cc(OC[C@@H]2CN(C)c3ccccc3O2)ccc1C(=O)Nc1cc(C2CC2C(=O)O)ccc1C(F)(F)F. The molecule has 5 rings (SSSR count). The van der Waals surface area contributed by atoms with Gasteiger partial charge in [-0.3, -0.25) is 9.59 Å². The van der Waals surface area contributed by atoms with Crippen molar-refractivity contribution >= 4 is 23.3 Å². The molecule has 3 aromatic rings. The first kappa shape index (κ1) is 27.4. The van der Waals surface area contributed by atoms with E-state index >= 15 is 0 Å². The third-order valence-electron chi connectivity index (χ3n) is 7.32. The zero-order chi connectivity index (χ0) is 28.6. The van der Waals surface area contributed by atoms with Crippen molar-refractivity contribution in [2.24, 2.45) is 5.92 Å². The van der Waals surface area contributed by atoms with Gasteiger partial charge in [-0.1, -0.05) is 25.1 Å². The van der Waals surface area contributed by atoms with Crippen LogP contribution in [-0.4, -0.2) is 43.3 Å². The van der Waals surface area contributed by atoms with Gasteiger partial charge >= 0.3 is 12.1 Å². The number of aliphatic carboxylic acids is 1. The number of aryl methyl sites for hydroxylation is 1. The lowest BCUT2D eigenvalue weighted by Gasteiger charge is -2.33. The van der Waals surface area contributed by atoms with E-state index in [4.69, 9.17) is 9.47 Å². The lowest BCUT2D eigenvalue weighted by Crippen LogP contribution is -2.41. The van der Waals surface area contributed by atoms with Crippen LogP contribution < -0.4 is 19.7 Å². The summed E-state index contributed by atoms with van der Waals surface area (Å²) in [5.74, 6) is -1.39. The second-order valence-corrected chi connectivity index (χ2v) is 10.1. The number of para-hydroxylation sites is 2. The fourth-order valence-electron chi connectivity index (χ4n) is 5.11. The van der Waals surface area contributed by atoms with Crippen LogP contribution in [0.3, 0.4) is 0 Å². The number of carbonyl (C=O) groups is 2. The topological polar surface area (TPSA) is 88.1 Å². The molecule has 1 heterocycles. The first-order chi connectivity index (χ1) is 19.0. The standard InChI is InChI=1S/C30H29F3N2O5/c1-3-17-12-19(39-16-20-15-35(2)26-6-4-5-7-27(26)40-20)9-10-21(17)28(36)34-25-13-18(22-14-23(22)29(37)38)8-11-24(25)30(31,32)33/h4-13,20,22-23H,3,14-16H2,1-2H3,(H,34,36)(H,37,38)/t20-,22?,23?/m0/s1. The van der Waals surface area contributed by atoms with E-state index in [9.17, 15) is 27.9 Å². The van der Waals surface area contributed by atoms with E-state index in [1.54, 1.807) is 12.1 Å². The van der Waals surface area contributed by atoms with Crippen molar-refractivity contribution in [3.8, 4) is 11.5 Å². The lowest BCUT2D eigenvalue weighted by atomic mass is 10.0. The maximum Gasteiger partial charge on any atom is 0.418 e. The summed E-state index contributed by atoms with van der Waals surface area (Å²) in [6.45, 7) is 2.74. The van der Waals surface area contributed by atoms with Crippen molar-refractivity contribution in [1.29, 1.82) is 0 Å². The first-order valence-electron chi connectivity index (χ1n) is 13.0. The summed E-state index contributed by atoms with van der Waals surface area (Å²) in [4.78, 5) is 26.5. The molecule has 0 bridgehead atoms. The number of alkyl halides is 3. The molecule has 0 saturated heterocycles. The Morgan fingerprint density at radius 2 is 1.90 bits per heavy atom. The second-order valence-electron chi connectivity index (χ2n) is 10.1. The van der Waals surface area contributed by atoms with Gasteiger partial charge < -0.3 is 24.8 Å². The van der Waals surface area contributed by atoms with Gasteiger partial charge in [-0.2, -0.15) is 13.2 Å². The van der Waals surface area contributed by atoms with E-state index in [1.807, 2.05) is 38.2 Å². The number of rotatable bonds is 8. The fraction of sp³-hybridized carbons (Fsp3) is 0.333. The van der Waals surface area contributed by atoms with E-state index in [1.165, 1.54) is 18.2 Å². The Morgan fingerprint density at radius 3 is 2.60 bits per heavy atom. The number of hydrogen-bond donors (Lipinski definition) is 2. The number of fused-ring (bicyclic) bond motifs is 1. The average molecular weight is 555 g/mol. The van der Waals surface area contributed by atoms with E-state index in [0.29, 0.717) is 36.3 Å². The predicted molar refractivity (Wildman–Crippen MR) is 143 cm³/mol. The monoisotopic (exact) mass is 554 g/mol. The molecule has 1 aliphatic heterocycles. The highest BCUT2D eigenvalue weighted by atomic mass is 19.4. The highest BCUT2D eigenvalue weighted by molar-refractivity contribution is 6.06. The molecule has 2 N–H and O–H groups in total. The third kappa shape index (κ3) is 5.71. The molecule has 1 aliphatic carbocycles. The van der Waals surface area contributed by atoms with Crippen LogP contribution >= 0.6 is 0 Å². The Bertz CT molecular complexity index is 1440. The molecule has 0 radical (unpaired) electrons. The van der Waals surface area contributed by atoms with Crippen LogP contribution in [0.1, 0.15) is 46.3 Å². The molecule has 2 aliphatic rings. The number of amides is 1. The summed E-state index contributed by atoms with van der Waals surface area (Å²) in [7, 11) is 1.98. The molecular formula is C30H29F3N2O5. The molecule has 7 nitrogen and oxygen atoms in total. The largest absolute Gasteiger partial charge is 0.490 e. The van der Waals surface area contributed by atoms with Crippen LogP contribution in [0.4, 0.5) is 24.5 Å². The zero-order valence-electron chi connectivity index (χ0n) is 22.0. The molecule has 2 unspecified atom stereocenters. The maximum atomic E-state index is 13.7. The van der Waals surface area contributed by atoms with E-state index < -0.39 is 35.2 Å². The van der Waals surface area contributed by atoms with Gasteiger partial charge in [0.15, 0.2) is 0 Å². The number of nitrogens with one attached hydrogen (secondary N) is 1. The van der Waals surface area contributed by atoms with E-state index in [0.717, 1.165) is 17.5 Å². The number of halogens is 3. The van der Waals surface area contributed by atoms with Crippen molar-refractivity contribution in [3.05, 3.63) is 82.9 Å². The molecule has 40 heavy (non-hydrogen) atoms. The number of carbonyl (C=O) groups excluding carboxylic acids is 1. The Balaban J connectivity index is 1.30.